The highest BCUT2D eigenvalue weighted by atomic mass is 16.4. The van der Waals surface area contributed by atoms with Gasteiger partial charge in [0.1, 0.15) is 5.41 Å². The molecule has 13 heavy (non-hydrogen) atoms. The van der Waals surface area contributed by atoms with Crippen LogP contribution < -0.4 is 0 Å². The van der Waals surface area contributed by atoms with Crippen LogP contribution in [0.1, 0.15) is 25.2 Å². The number of aromatic nitrogens is 1. The quantitative estimate of drug-likeness (QED) is 0.748. The Hall–Kier alpha value is -1.38. The standard InChI is InChI=1S/C10H12NO2/c1-7-5-4-6-8(11-7)10(2,3)9(12)13/h4-6H,1H2,2-3H3,(H,12,13). The Bertz CT molecular complexity index is 331. The molecule has 0 aliphatic carbocycles. The Kier molecular flexibility index (Phi) is 2.36. The maximum atomic E-state index is 10.9. The minimum Gasteiger partial charge on any atom is -0.481 e. The lowest BCUT2D eigenvalue weighted by Crippen LogP contribution is -2.29. The maximum absolute atomic E-state index is 10.9. The van der Waals surface area contributed by atoms with Gasteiger partial charge in [-0.2, -0.15) is 0 Å². The number of hydrogen-bond donors (Lipinski definition) is 1. The van der Waals surface area contributed by atoms with Crippen molar-refractivity contribution in [2.45, 2.75) is 19.3 Å². The minimum atomic E-state index is -0.951. The van der Waals surface area contributed by atoms with E-state index in [1.54, 1.807) is 32.0 Å². The topological polar surface area (TPSA) is 50.2 Å². The average molecular weight is 178 g/mol. The highest BCUT2D eigenvalue weighted by Crippen LogP contribution is 2.21. The second kappa shape index (κ2) is 3.17. The second-order valence-corrected chi connectivity index (χ2v) is 3.44. The van der Waals surface area contributed by atoms with Gasteiger partial charge in [0.25, 0.3) is 0 Å². The summed E-state index contributed by atoms with van der Waals surface area (Å²) in [7, 11) is 0. The molecule has 0 bridgehead atoms. The van der Waals surface area contributed by atoms with Crippen LogP contribution in [0.25, 0.3) is 0 Å². The minimum absolute atomic E-state index is 0.535. The average Bonchev–Trinajstić information content (AvgIpc) is 2.04. The number of nitrogens with zero attached hydrogens (tertiary/aromatic N) is 1. The Labute approximate surface area is 77.4 Å². The summed E-state index contributed by atoms with van der Waals surface area (Å²) in [6.07, 6.45) is 0. The van der Waals surface area contributed by atoms with Crippen molar-refractivity contribution in [3.8, 4) is 0 Å². The van der Waals surface area contributed by atoms with Crippen LogP contribution in [0.3, 0.4) is 0 Å². The molecule has 0 aliphatic heterocycles. The molecule has 3 heteroatoms. The van der Waals surface area contributed by atoms with E-state index < -0.39 is 11.4 Å². The molecule has 0 saturated heterocycles. The van der Waals surface area contributed by atoms with Crippen molar-refractivity contribution in [1.82, 2.24) is 4.98 Å². The molecule has 1 radical (unpaired) electrons. The lowest BCUT2D eigenvalue weighted by atomic mass is 9.89. The Morgan fingerprint density at radius 1 is 1.54 bits per heavy atom. The highest BCUT2D eigenvalue weighted by molar-refractivity contribution is 5.79. The molecular formula is C10H12NO2. The zero-order valence-corrected chi connectivity index (χ0v) is 7.74. The summed E-state index contributed by atoms with van der Waals surface area (Å²) in [5.74, 6) is -0.884. The molecule has 0 atom stereocenters. The molecule has 0 aromatic carbocycles. The van der Waals surface area contributed by atoms with Gasteiger partial charge in [-0.05, 0) is 32.9 Å². The third-order valence-electron chi connectivity index (χ3n) is 1.98. The van der Waals surface area contributed by atoms with Crippen molar-refractivity contribution in [3.63, 3.8) is 0 Å². The first kappa shape index (κ1) is 9.71. The Morgan fingerprint density at radius 2 is 2.15 bits per heavy atom. The first-order valence-electron chi connectivity index (χ1n) is 3.97. The second-order valence-electron chi connectivity index (χ2n) is 3.44. The van der Waals surface area contributed by atoms with E-state index in [0.29, 0.717) is 11.4 Å². The molecule has 0 spiro atoms. The maximum Gasteiger partial charge on any atom is 0.315 e. The van der Waals surface area contributed by atoms with Gasteiger partial charge < -0.3 is 5.11 Å². The Morgan fingerprint density at radius 3 is 2.62 bits per heavy atom. The molecule has 69 valence electrons. The van der Waals surface area contributed by atoms with Crippen LogP contribution in [0, 0.1) is 6.92 Å². The van der Waals surface area contributed by atoms with Crippen molar-refractivity contribution < 1.29 is 9.90 Å². The van der Waals surface area contributed by atoms with E-state index in [0.717, 1.165) is 0 Å². The lowest BCUT2D eigenvalue weighted by molar-refractivity contribution is -0.142. The molecule has 1 aromatic heterocycles. The summed E-state index contributed by atoms with van der Waals surface area (Å²) in [4.78, 5) is 14.9. The SMILES string of the molecule is [CH2]c1cccc(C(C)(C)C(=O)O)n1. The molecule has 1 N–H and O–H groups in total. The summed E-state index contributed by atoms with van der Waals surface area (Å²) >= 11 is 0. The van der Waals surface area contributed by atoms with Crippen LogP contribution in [0.15, 0.2) is 18.2 Å². The molecule has 1 heterocycles. The molecule has 0 fully saturated rings. The van der Waals surface area contributed by atoms with E-state index in [-0.39, 0.29) is 0 Å². The van der Waals surface area contributed by atoms with Crippen molar-refractivity contribution in [2.75, 3.05) is 0 Å². The first-order valence-corrected chi connectivity index (χ1v) is 3.97. The van der Waals surface area contributed by atoms with E-state index in [9.17, 15) is 4.79 Å². The monoisotopic (exact) mass is 178 g/mol. The molecule has 0 unspecified atom stereocenters. The van der Waals surface area contributed by atoms with Crippen molar-refractivity contribution in [2.24, 2.45) is 0 Å². The normalized spacial score (nSPS) is 11.3. The van der Waals surface area contributed by atoms with E-state index in [4.69, 9.17) is 5.11 Å². The fraction of sp³-hybridized carbons (Fsp3) is 0.300. The highest BCUT2D eigenvalue weighted by Gasteiger charge is 2.30. The van der Waals surface area contributed by atoms with Crippen molar-refractivity contribution in [3.05, 3.63) is 36.5 Å². The third kappa shape index (κ3) is 1.86. The van der Waals surface area contributed by atoms with Crippen molar-refractivity contribution >= 4 is 5.97 Å². The van der Waals surface area contributed by atoms with E-state index >= 15 is 0 Å². The number of aliphatic carboxylic acids is 1. The van der Waals surface area contributed by atoms with E-state index in [2.05, 4.69) is 11.9 Å². The van der Waals surface area contributed by atoms with Gasteiger partial charge in [-0.1, -0.05) is 6.07 Å². The number of carbonyl (C=O) groups is 1. The molecule has 0 aliphatic rings. The van der Waals surface area contributed by atoms with Crippen LogP contribution in [-0.2, 0) is 10.2 Å². The van der Waals surface area contributed by atoms with Crippen LogP contribution in [0.2, 0.25) is 0 Å². The van der Waals surface area contributed by atoms with Gasteiger partial charge >= 0.3 is 5.97 Å². The van der Waals surface area contributed by atoms with Crippen LogP contribution in [0.5, 0.6) is 0 Å². The number of carboxylic acids is 1. The molecule has 1 aromatic rings. The van der Waals surface area contributed by atoms with Gasteiger partial charge in [0.05, 0.1) is 5.69 Å². The predicted octanol–water partition coefficient (Wildman–Crippen LogP) is 1.63. The number of pyridine rings is 1. The molecule has 0 amide bonds. The first-order chi connectivity index (χ1) is 5.94. The fourth-order valence-electron chi connectivity index (χ4n) is 0.937. The van der Waals surface area contributed by atoms with Gasteiger partial charge in [-0.15, -0.1) is 0 Å². The molecular weight excluding hydrogens is 166 g/mol. The summed E-state index contributed by atoms with van der Waals surface area (Å²) < 4.78 is 0. The third-order valence-corrected chi connectivity index (χ3v) is 1.98. The van der Waals surface area contributed by atoms with Crippen LogP contribution in [-0.4, -0.2) is 16.1 Å². The lowest BCUT2D eigenvalue weighted by Gasteiger charge is -2.18. The summed E-state index contributed by atoms with van der Waals surface area (Å²) in [6, 6.07) is 5.19. The van der Waals surface area contributed by atoms with Gasteiger partial charge in [-0.3, -0.25) is 9.78 Å². The number of carboxylic acid groups (broad SMARTS) is 1. The van der Waals surface area contributed by atoms with E-state index in [1.165, 1.54) is 0 Å². The van der Waals surface area contributed by atoms with Gasteiger partial charge in [0, 0.05) is 5.69 Å². The number of rotatable bonds is 2. The van der Waals surface area contributed by atoms with Gasteiger partial charge in [-0.25, -0.2) is 0 Å². The fourth-order valence-corrected chi connectivity index (χ4v) is 0.937. The summed E-state index contributed by atoms with van der Waals surface area (Å²) in [5, 5.41) is 8.93. The smallest absolute Gasteiger partial charge is 0.315 e. The Balaban J connectivity index is 3.14. The predicted molar refractivity (Wildman–Crippen MR) is 49.4 cm³/mol. The van der Waals surface area contributed by atoms with Crippen LogP contribution in [0.4, 0.5) is 0 Å². The zero-order valence-electron chi connectivity index (χ0n) is 7.74. The summed E-state index contributed by atoms with van der Waals surface area (Å²) in [6.45, 7) is 6.89. The molecule has 0 saturated carbocycles. The van der Waals surface area contributed by atoms with E-state index in [1.807, 2.05) is 0 Å². The van der Waals surface area contributed by atoms with Crippen molar-refractivity contribution in [1.29, 1.82) is 0 Å². The van der Waals surface area contributed by atoms with Crippen LogP contribution >= 0.6 is 0 Å². The number of hydrogen-bond acceptors (Lipinski definition) is 2. The largest absolute Gasteiger partial charge is 0.481 e. The van der Waals surface area contributed by atoms with Gasteiger partial charge in [0.15, 0.2) is 0 Å². The zero-order chi connectivity index (χ0) is 10.1. The molecule has 1 rings (SSSR count). The van der Waals surface area contributed by atoms with Gasteiger partial charge in [0.2, 0.25) is 0 Å². The molecule has 3 nitrogen and oxygen atoms in total. The summed E-state index contributed by atoms with van der Waals surface area (Å²) in [5.41, 5.74) is 0.174.